The van der Waals surface area contributed by atoms with Crippen molar-refractivity contribution in [3.63, 3.8) is 0 Å². The number of nitrogens with one attached hydrogen (secondary N) is 1. The van der Waals surface area contributed by atoms with E-state index in [0.29, 0.717) is 11.8 Å². The van der Waals surface area contributed by atoms with Gasteiger partial charge in [0.05, 0.1) is 15.6 Å². The standard InChI is InChI=1S/C14H20N4S2/c1-4-8(5-2)12-16-10(9-6-7-9)11(19-12)13-17-18-14(15-3)20-13/h8-9H,4-7H2,1-3H3,(H,15,18). The van der Waals surface area contributed by atoms with E-state index in [-0.39, 0.29) is 0 Å². The van der Waals surface area contributed by atoms with Crippen molar-refractivity contribution in [1.29, 1.82) is 0 Å². The third-order valence-electron chi connectivity index (χ3n) is 3.80. The third-order valence-corrected chi connectivity index (χ3v) is 6.13. The summed E-state index contributed by atoms with van der Waals surface area (Å²) >= 11 is 3.45. The van der Waals surface area contributed by atoms with Crippen molar-refractivity contribution >= 4 is 27.8 Å². The number of nitrogens with zero attached hydrogens (tertiary/aromatic N) is 3. The maximum atomic E-state index is 4.96. The van der Waals surface area contributed by atoms with Gasteiger partial charge >= 0.3 is 0 Å². The van der Waals surface area contributed by atoms with E-state index in [2.05, 4.69) is 29.4 Å². The van der Waals surface area contributed by atoms with Crippen molar-refractivity contribution in [2.75, 3.05) is 12.4 Å². The molecule has 0 aliphatic heterocycles. The summed E-state index contributed by atoms with van der Waals surface area (Å²) in [5, 5.41) is 14.7. The Labute approximate surface area is 127 Å². The van der Waals surface area contributed by atoms with Crippen molar-refractivity contribution in [3.05, 3.63) is 10.7 Å². The van der Waals surface area contributed by atoms with Gasteiger partial charge in [-0.1, -0.05) is 25.2 Å². The highest BCUT2D eigenvalue weighted by Gasteiger charge is 2.32. The van der Waals surface area contributed by atoms with Crippen LogP contribution >= 0.6 is 22.7 Å². The van der Waals surface area contributed by atoms with Gasteiger partial charge in [0.25, 0.3) is 0 Å². The molecule has 3 rings (SSSR count). The molecule has 1 saturated carbocycles. The predicted octanol–water partition coefficient (Wildman–Crippen LogP) is 4.48. The van der Waals surface area contributed by atoms with Crippen molar-refractivity contribution in [3.8, 4) is 9.88 Å². The second kappa shape index (κ2) is 5.77. The molecule has 1 aliphatic rings. The molecule has 108 valence electrons. The van der Waals surface area contributed by atoms with E-state index >= 15 is 0 Å². The fourth-order valence-electron chi connectivity index (χ4n) is 2.36. The smallest absolute Gasteiger partial charge is 0.205 e. The van der Waals surface area contributed by atoms with Crippen LogP contribution in [0.5, 0.6) is 0 Å². The van der Waals surface area contributed by atoms with Crippen LogP contribution in [0.25, 0.3) is 9.88 Å². The van der Waals surface area contributed by atoms with Gasteiger partial charge < -0.3 is 5.32 Å². The summed E-state index contributed by atoms with van der Waals surface area (Å²) in [4.78, 5) is 6.22. The highest BCUT2D eigenvalue weighted by molar-refractivity contribution is 7.23. The minimum Gasteiger partial charge on any atom is -0.363 e. The van der Waals surface area contributed by atoms with E-state index in [9.17, 15) is 0 Å². The average Bonchev–Trinajstić information content (AvgIpc) is 3.04. The number of anilines is 1. The summed E-state index contributed by atoms with van der Waals surface area (Å²) < 4.78 is 0. The molecule has 4 nitrogen and oxygen atoms in total. The van der Waals surface area contributed by atoms with Crippen LogP contribution in [0.3, 0.4) is 0 Å². The molecule has 0 radical (unpaired) electrons. The van der Waals surface area contributed by atoms with Crippen molar-refractivity contribution < 1.29 is 0 Å². The molecule has 1 aliphatic carbocycles. The first-order chi connectivity index (χ1) is 9.76. The topological polar surface area (TPSA) is 50.7 Å². The number of hydrogen-bond donors (Lipinski definition) is 1. The summed E-state index contributed by atoms with van der Waals surface area (Å²) in [5.74, 6) is 1.24. The molecule has 2 aromatic heterocycles. The van der Waals surface area contributed by atoms with Gasteiger partial charge in [-0.2, -0.15) is 0 Å². The Morgan fingerprint density at radius 1 is 1.20 bits per heavy atom. The second-order valence-electron chi connectivity index (χ2n) is 5.22. The number of rotatable bonds is 6. The summed E-state index contributed by atoms with van der Waals surface area (Å²) in [6.45, 7) is 4.49. The second-order valence-corrected chi connectivity index (χ2v) is 7.22. The van der Waals surface area contributed by atoms with Crippen LogP contribution in [0, 0.1) is 0 Å². The lowest BCUT2D eigenvalue weighted by Crippen LogP contribution is -1.94. The fraction of sp³-hybridized carbons (Fsp3) is 0.643. The molecule has 1 N–H and O–H groups in total. The molecule has 6 heteroatoms. The summed E-state index contributed by atoms with van der Waals surface area (Å²) in [5.41, 5.74) is 1.27. The third kappa shape index (κ3) is 2.59. The Bertz CT molecular complexity index is 582. The van der Waals surface area contributed by atoms with Gasteiger partial charge in [-0.3, -0.25) is 0 Å². The van der Waals surface area contributed by atoms with E-state index < -0.39 is 0 Å². The molecule has 0 unspecified atom stereocenters. The molecular weight excluding hydrogens is 288 g/mol. The van der Waals surface area contributed by atoms with E-state index in [1.54, 1.807) is 11.3 Å². The molecule has 0 spiro atoms. The van der Waals surface area contributed by atoms with E-state index in [1.165, 1.54) is 28.4 Å². The molecule has 0 amide bonds. The van der Waals surface area contributed by atoms with Crippen LogP contribution in [0.1, 0.15) is 62.1 Å². The van der Waals surface area contributed by atoms with Gasteiger partial charge in [0.15, 0.2) is 5.01 Å². The average molecular weight is 308 g/mol. The molecule has 1 fully saturated rings. The maximum absolute atomic E-state index is 4.96. The van der Waals surface area contributed by atoms with Gasteiger partial charge in [-0.05, 0) is 25.7 Å². The Balaban J connectivity index is 1.99. The first-order valence-electron chi connectivity index (χ1n) is 7.29. The Kier molecular flexibility index (Phi) is 4.03. The first-order valence-corrected chi connectivity index (χ1v) is 8.92. The van der Waals surface area contributed by atoms with Crippen LogP contribution in [-0.4, -0.2) is 22.2 Å². The van der Waals surface area contributed by atoms with Gasteiger partial charge in [-0.15, -0.1) is 21.5 Å². The zero-order valence-corrected chi connectivity index (χ0v) is 13.8. The van der Waals surface area contributed by atoms with E-state index in [4.69, 9.17) is 4.98 Å². The molecule has 2 heterocycles. The van der Waals surface area contributed by atoms with Gasteiger partial charge in [0.2, 0.25) is 5.13 Å². The lowest BCUT2D eigenvalue weighted by Gasteiger charge is -2.06. The minimum absolute atomic E-state index is 0.586. The van der Waals surface area contributed by atoms with Crippen LogP contribution < -0.4 is 5.32 Å². The zero-order chi connectivity index (χ0) is 14.1. The lowest BCUT2D eigenvalue weighted by molar-refractivity contribution is 0.635. The SMILES string of the molecule is CCC(CC)c1nc(C2CC2)c(-c2nnc(NC)s2)s1. The van der Waals surface area contributed by atoms with E-state index in [1.807, 2.05) is 18.4 Å². The quantitative estimate of drug-likeness (QED) is 0.854. The molecule has 0 aromatic carbocycles. The van der Waals surface area contributed by atoms with E-state index in [0.717, 1.165) is 23.0 Å². The molecule has 0 bridgehead atoms. The summed E-state index contributed by atoms with van der Waals surface area (Å²) in [6.07, 6.45) is 4.87. The maximum Gasteiger partial charge on any atom is 0.205 e. The van der Waals surface area contributed by atoms with Crippen LogP contribution in [0.4, 0.5) is 5.13 Å². The Morgan fingerprint density at radius 2 is 1.95 bits per heavy atom. The number of aromatic nitrogens is 3. The monoisotopic (exact) mass is 308 g/mol. The predicted molar refractivity (Wildman–Crippen MR) is 85.9 cm³/mol. The van der Waals surface area contributed by atoms with Gasteiger partial charge in [-0.25, -0.2) is 4.98 Å². The summed E-state index contributed by atoms with van der Waals surface area (Å²) in [7, 11) is 1.88. The molecule has 0 saturated heterocycles. The highest BCUT2D eigenvalue weighted by atomic mass is 32.1. The van der Waals surface area contributed by atoms with Crippen LogP contribution in [-0.2, 0) is 0 Å². The zero-order valence-electron chi connectivity index (χ0n) is 12.1. The minimum atomic E-state index is 0.586. The Morgan fingerprint density at radius 3 is 2.50 bits per heavy atom. The van der Waals surface area contributed by atoms with Crippen LogP contribution in [0.15, 0.2) is 0 Å². The van der Waals surface area contributed by atoms with Gasteiger partial charge in [0.1, 0.15) is 0 Å². The Hall–Kier alpha value is -1.01. The summed E-state index contributed by atoms with van der Waals surface area (Å²) in [6, 6.07) is 0. The molecular formula is C14H20N4S2. The van der Waals surface area contributed by atoms with Crippen LogP contribution in [0.2, 0.25) is 0 Å². The van der Waals surface area contributed by atoms with Crippen molar-refractivity contribution in [2.24, 2.45) is 0 Å². The molecule has 2 aromatic rings. The fourth-order valence-corrected chi connectivity index (χ4v) is 4.56. The normalized spacial score (nSPS) is 15.0. The molecule has 0 atom stereocenters. The number of thiazole rings is 1. The lowest BCUT2D eigenvalue weighted by atomic mass is 10.1. The number of hydrogen-bond acceptors (Lipinski definition) is 6. The van der Waals surface area contributed by atoms with Crippen molar-refractivity contribution in [2.45, 2.75) is 51.4 Å². The highest BCUT2D eigenvalue weighted by Crippen LogP contribution is 2.48. The first kappa shape index (κ1) is 13.9. The molecule has 20 heavy (non-hydrogen) atoms. The largest absolute Gasteiger partial charge is 0.363 e. The van der Waals surface area contributed by atoms with Crippen molar-refractivity contribution in [1.82, 2.24) is 15.2 Å². The van der Waals surface area contributed by atoms with Gasteiger partial charge in [0, 0.05) is 18.9 Å².